The molecule has 106 valence electrons. The van der Waals surface area contributed by atoms with Gasteiger partial charge >= 0.3 is 0 Å². The topological polar surface area (TPSA) is 46.2 Å². The standard InChI is InChI=1S/C17H14BrNO2/c1-12(20)19-16(13-7-9-15(18)10-8-13)11-17(21)14-5-3-2-4-6-14/h2-11H,1H3,(H,19,20)/b16-11-. The number of ketones is 1. The highest BCUT2D eigenvalue weighted by atomic mass is 79.9. The van der Waals surface area contributed by atoms with E-state index in [1.165, 1.54) is 13.0 Å². The summed E-state index contributed by atoms with van der Waals surface area (Å²) in [7, 11) is 0. The first kappa shape index (κ1) is 15.2. The van der Waals surface area contributed by atoms with Gasteiger partial charge in [-0.25, -0.2) is 0 Å². The van der Waals surface area contributed by atoms with Crippen molar-refractivity contribution in [2.75, 3.05) is 0 Å². The van der Waals surface area contributed by atoms with Gasteiger partial charge in [0.15, 0.2) is 5.78 Å². The number of nitrogens with one attached hydrogen (secondary N) is 1. The average molecular weight is 344 g/mol. The second-order valence-electron chi connectivity index (χ2n) is 4.48. The number of hydrogen-bond acceptors (Lipinski definition) is 2. The van der Waals surface area contributed by atoms with Crippen LogP contribution in [0, 0.1) is 0 Å². The van der Waals surface area contributed by atoms with Crippen LogP contribution in [0.3, 0.4) is 0 Å². The predicted octanol–water partition coefficient (Wildman–Crippen LogP) is 3.81. The van der Waals surface area contributed by atoms with E-state index in [0.29, 0.717) is 11.3 Å². The Morgan fingerprint density at radius 3 is 2.14 bits per heavy atom. The van der Waals surface area contributed by atoms with Crippen LogP contribution in [0.2, 0.25) is 0 Å². The lowest BCUT2D eigenvalue weighted by Gasteiger charge is -2.08. The Morgan fingerprint density at radius 1 is 0.952 bits per heavy atom. The Bertz CT molecular complexity index is 676. The highest BCUT2D eigenvalue weighted by Crippen LogP contribution is 2.17. The number of rotatable bonds is 4. The SMILES string of the molecule is CC(=O)N/C(=C\C(=O)c1ccccc1)c1ccc(Br)cc1. The highest BCUT2D eigenvalue weighted by Gasteiger charge is 2.08. The molecule has 3 nitrogen and oxygen atoms in total. The second kappa shape index (κ2) is 6.99. The minimum atomic E-state index is -0.218. The average Bonchev–Trinajstić information content (AvgIpc) is 2.48. The van der Waals surface area contributed by atoms with Crippen molar-refractivity contribution in [1.82, 2.24) is 5.32 Å². The predicted molar refractivity (Wildman–Crippen MR) is 86.7 cm³/mol. The largest absolute Gasteiger partial charge is 0.326 e. The molecule has 0 aliphatic rings. The van der Waals surface area contributed by atoms with Crippen LogP contribution >= 0.6 is 15.9 Å². The van der Waals surface area contributed by atoms with E-state index in [2.05, 4.69) is 21.2 Å². The summed E-state index contributed by atoms with van der Waals surface area (Å²) in [6, 6.07) is 16.3. The fraction of sp³-hybridized carbons (Fsp3) is 0.0588. The molecular formula is C17H14BrNO2. The molecule has 0 aliphatic carbocycles. The Hall–Kier alpha value is -2.20. The number of amides is 1. The Kier molecular flexibility index (Phi) is 5.06. The lowest BCUT2D eigenvalue weighted by molar-refractivity contribution is -0.117. The smallest absolute Gasteiger partial charge is 0.221 e. The molecule has 0 saturated carbocycles. The van der Waals surface area contributed by atoms with Crippen molar-refractivity contribution in [3.05, 3.63) is 76.3 Å². The van der Waals surface area contributed by atoms with E-state index < -0.39 is 0 Å². The molecule has 0 heterocycles. The summed E-state index contributed by atoms with van der Waals surface area (Å²) in [6.45, 7) is 1.42. The van der Waals surface area contributed by atoms with Crippen LogP contribution in [-0.2, 0) is 4.79 Å². The van der Waals surface area contributed by atoms with Crippen LogP contribution in [0.15, 0.2) is 65.1 Å². The molecule has 0 unspecified atom stereocenters. The molecule has 0 aliphatic heterocycles. The van der Waals surface area contributed by atoms with E-state index in [0.717, 1.165) is 10.0 Å². The van der Waals surface area contributed by atoms with Crippen molar-refractivity contribution in [2.45, 2.75) is 6.92 Å². The highest BCUT2D eigenvalue weighted by molar-refractivity contribution is 9.10. The lowest BCUT2D eigenvalue weighted by atomic mass is 10.1. The maximum atomic E-state index is 12.2. The van der Waals surface area contributed by atoms with Crippen molar-refractivity contribution in [1.29, 1.82) is 0 Å². The van der Waals surface area contributed by atoms with Crippen molar-refractivity contribution in [3.63, 3.8) is 0 Å². The van der Waals surface area contributed by atoms with Gasteiger partial charge in [-0.15, -0.1) is 0 Å². The normalized spacial score (nSPS) is 11.0. The van der Waals surface area contributed by atoms with E-state index in [4.69, 9.17) is 0 Å². The molecule has 0 atom stereocenters. The summed E-state index contributed by atoms with van der Waals surface area (Å²) in [6.07, 6.45) is 1.44. The maximum absolute atomic E-state index is 12.2. The fourth-order valence-electron chi connectivity index (χ4n) is 1.83. The zero-order valence-electron chi connectivity index (χ0n) is 11.5. The second-order valence-corrected chi connectivity index (χ2v) is 5.39. The molecule has 1 N–H and O–H groups in total. The first-order valence-corrected chi connectivity index (χ1v) is 7.20. The third-order valence-corrected chi connectivity index (χ3v) is 3.33. The van der Waals surface area contributed by atoms with Gasteiger partial charge in [-0.1, -0.05) is 58.4 Å². The number of carbonyl (C=O) groups is 2. The van der Waals surface area contributed by atoms with Gasteiger partial charge in [0, 0.05) is 23.0 Å². The summed E-state index contributed by atoms with van der Waals surface area (Å²) in [5.41, 5.74) is 1.85. The third kappa shape index (κ3) is 4.39. The van der Waals surface area contributed by atoms with Crippen molar-refractivity contribution in [2.24, 2.45) is 0 Å². The third-order valence-electron chi connectivity index (χ3n) is 2.80. The van der Waals surface area contributed by atoms with Crippen molar-refractivity contribution < 1.29 is 9.59 Å². The molecule has 2 aromatic rings. The quantitative estimate of drug-likeness (QED) is 0.677. The van der Waals surface area contributed by atoms with Crippen LogP contribution in [0.5, 0.6) is 0 Å². The fourth-order valence-corrected chi connectivity index (χ4v) is 2.09. The van der Waals surface area contributed by atoms with Gasteiger partial charge in [-0.2, -0.15) is 0 Å². The Labute approximate surface area is 131 Å². The van der Waals surface area contributed by atoms with Gasteiger partial charge in [0.05, 0.1) is 5.70 Å². The maximum Gasteiger partial charge on any atom is 0.221 e. The summed E-state index contributed by atoms with van der Waals surface area (Å²) in [5.74, 6) is -0.368. The van der Waals surface area contributed by atoms with E-state index in [1.807, 2.05) is 30.3 Å². The minimum Gasteiger partial charge on any atom is -0.326 e. The van der Waals surface area contributed by atoms with Gasteiger partial charge in [-0.05, 0) is 17.7 Å². The molecule has 0 saturated heterocycles. The van der Waals surface area contributed by atoms with Crippen molar-refractivity contribution in [3.8, 4) is 0 Å². The van der Waals surface area contributed by atoms with Gasteiger partial charge < -0.3 is 5.32 Å². The summed E-state index contributed by atoms with van der Waals surface area (Å²) < 4.78 is 0.933. The van der Waals surface area contributed by atoms with Crippen LogP contribution in [0.1, 0.15) is 22.8 Å². The number of benzene rings is 2. The summed E-state index contributed by atoms with van der Waals surface area (Å²) >= 11 is 3.36. The van der Waals surface area contributed by atoms with E-state index in [1.54, 1.807) is 24.3 Å². The van der Waals surface area contributed by atoms with Gasteiger partial charge in [0.2, 0.25) is 5.91 Å². The first-order chi connectivity index (χ1) is 10.1. The lowest BCUT2D eigenvalue weighted by Crippen LogP contribution is -2.19. The van der Waals surface area contributed by atoms with Gasteiger partial charge in [0.1, 0.15) is 0 Å². The molecule has 0 fully saturated rings. The molecule has 1 amide bonds. The molecule has 2 rings (SSSR count). The molecule has 2 aromatic carbocycles. The monoisotopic (exact) mass is 343 g/mol. The van der Waals surface area contributed by atoms with Crippen molar-refractivity contribution >= 4 is 33.3 Å². The summed E-state index contributed by atoms with van der Waals surface area (Å²) in [5, 5.41) is 2.70. The van der Waals surface area contributed by atoms with Crippen LogP contribution in [0.4, 0.5) is 0 Å². The number of halogens is 1. The summed E-state index contributed by atoms with van der Waals surface area (Å²) in [4.78, 5) is 23.6. The van der Waals surface area contributed by atoms with Crippen LogP contribution in [-0.4, -0.2) is 11.7 Å². The number of allylic oxidation sites excluding steroid dienone is 1. The van der Waals surface area contributed by atoms with E-state index >= 15 is 0 Å². The van der Waals surface area contributed by atoms with Crippen LogP contribution < -0.4 is 5.32 Å². The van der Waals surface area contributed by atoms with Gasteiger partial charge in [-0.3, -0.25) is 9.59 Å². The minimum absolute atomic E-state index is 0.151. The molecule has 0 radical (unpaired) electrons. The molecule has 0 aromatic heterocycles. The Balaban J connectivity index is 2.35. The number of carbonyl (C=O) groups excluding carboxylic acids is 2. The molecule has 21 heavy (non-hydrogen) atoms. The molecule has 0 bridgehead atoms. The molecular weight excluding hydrogens is 330 g/mol. The molecule has 0 spiro atoms. The van der Waals surface area contributed by atoms with E-state index in [-0.39, 0.29) is 11.7 Å². The van der Waals surface area contributed by atoms with Gasteiger partial charge in [0.25, 0.3) is 0 Å². The Morgan fingerprint density at radius 2 is 1.57 bits per heavy atom. The van der Waals surface area contributed by atoms with E-state index in [9.17, 15) is 9.59 Å². The van der Waals surface area contributed by atoms with Crippen LogP contribution in [0.25, 0.3) is 5.70 Å². The zero-order chi connectivity index (χ0) is 15.2. The number of hydrogen-bond donors (Lipinski definition) is 1. The molecule has 4 heteroatoms. The first-order valence-electron chi connectivity index (χ1n) is 6.41. The zero-order valence-corrected chi connectivity index (χ0v) is 13.1.